The Kier molecular flexibility index (Phi) is 4.01. The molecule has 1 aliphatic rings. The standard InChI is InChI=1S/C17H21NO2/c19-16-7-12(8-16)10-18-11-17(20)15-6-5-13-3-1-2-4-14(13)9-15/h1-6,9,12,16-20H,7-8,10-11H2. The second kappa shape index (κ2) is 5.92. The van der Waals surface area contributed by atoms with Crippen molar-refractivity contribution in [1.82, 2.24) is 5.32 Å². The number of rotatable bonds is 5. The highest BCUT2D eigenvalue weighted by atomic mass is 16.3. The second-order valence-electron chi connectivity index (χ2n) is 5.77. The number of hydrogen-bond donors (Lipinski definition) is 3. The van der Waals surface area contributed by atoms with Crippen LogP contribution in [0.3, 0.4) is 0 Å². The van der Waals surface area contributed by atoms with Crippen molar-refractivity contribution in [3.63, 3.8) is 0 Å². The largest absolute Gasteiger partial charge is 0.393 e. The summed E-state index contributed by atoms with van der Waals surface area (Å²) in [6.45, 7) is 1.44. The molecule has 1 aliphatic carbocycles. The summed E-state index contributed by atoms with van der Waals surface area (Å²) in [6.07, 6.45) is 1.19. The number of nitrogens with one attached hydrogen (secondary N) is 1. The first-order valence-electron chi connectivity index (χ1n) is 7.28. The maximum atomic E-state index is 10.2. The highest BCUT2D eigenvalue weighted by Gasteiger charge is 2.26. The van der Waals surface area contributed by atoms with Gasteiger partial charge in [-0.1, -0.05) is 36.4 Å². The molecule has 3 heteroatoms. The van der Waals surface area contributed by atoms with Crippen molar-refractivity contribution < 1.29 is 10.2 Å². The molecular formula is C17H21NO2. The van der Waals surface area contributed by atoms with Gasteiger partial charge in [-0.3, -0.25) is 0 Å². The zero-order chi connectivity index (χ0) is 13.9. The lowest BCUT2D eigenvalue weighted by Gasteiger charge is -2.31. The van der Waals surface area contributed by atoms with Crippen molar-refractivity contribution in [2.24, 2.45) is 5.92 Å². The molecule has 1 fully saturated rings. The molecule has 1 saturated carbocycles. The molecule has 2 aromatic rings. The van der Waals surface area contributed by atoms with E-state index in [4.69, 9.17) is 0 Å². The first kappa shape index (κ1) is 13.6. The van der Waals surface area contributed by atoms with Crippen LogP contribution in [0.25, 0.3) is 10.8 Å². The normalized spacial score (nSPS) is 23.5. The van der Waals surface area contributed by atoms with Gasteiger partial charge in [-0.15, -0.1) is 0 Å². The van der Waals surface area contributed by atoms with E-state index in [-0.39, 0.29) is 6.10 Å². The maximum Gasteiger partial charge on any atom is 0.0914 e. The highest BCUT2D eigenvalue weighted by molar-refractivity contribution is 5.83. The lowest BCUT2D eigenvalue weighted by molar-refractivity contribution is 0.0415. The van der Waals surface area contributed by atoms with E-state index < -0.39 is 6.10 Å². The van der Waals surface area contributed by atoms with Crippen LogP contribution in [0, 0.1) is 5.92 Å². The smallest absolute Gasteiger partial charge is 0.0914 e. The SMILES string of the molecule is OC1CC(CNCC(O)c2ccc3ccccc3c2)C1. The Hall–Kier alpha value is -1.42. The van der Waals surface area contributed by atoms with Gasteiger partial charge >= 0.3 is 0 Å². The molecule has 3 N–H and O–H groups in total. The Balaban J connectivity index is 1.56. The van der Waals surface area contributed by atoms with E-state index in [1.807, 2.05) is 18.2 Å². The second-order valence-corrected chi connectivity index (χ2v) is 5.77. The molecule has 106 valence electrons. The number of benzene rings is 2. The molecule has 0 aromatic heterocycles. The monoisotopic (exact) mass is 271 g/mol. The van der Waals surface area contributed by atoms with E-state index in [9.17, 15) is 10.2 Å². The minimum Gasteiger partial charge on any atom is -0.393 e. The molecule has 0 radical (unpaired) electrons. The first-order chi connectivity index (χ1) is 9.72. The summed E-state index contributed by atoms with van der Waals surface area (Å²) in [5.74, 6) is 0.564. The fraction of sp³-hybridized carbons (Fsp3) is 0.412. The van der Waals surface area contributed by atoms with Crippen molar-refractivity contribution in [3.8, 4) is 0 Å². The van der Waals surface area contributed by atoms with E-state index >= 15 is 0 Å². The molecule has 3 rings (SSSR count). The van der Waals surface area contributed by atoms with Gasteiger partial charge in [0, 0.05) is 6.54 Å². The lowest BCUT2D eigenvalue weighted by Crippen LogP contribution is -2.37. The van der Waals surface area contributed by atoms with Crippen LogP contribution in [0.1, 0.15) is 24.5 Å². The number of aliphatic hydroxyl groups excluding tert-OH is 2. The minimum absolute atomic E-state index is 0.104. The number of hydrogen-bond acceptors (Lipinski definition) is 3. The molecule has 1 atom stereocenters. The van der Waals surface area contributed by atoms with Crippen molar-refractivity contribution >= 4 is 10.8 Å². The topological polar surface area (TPSA) is 52.5 Å². The van der Waals surface area contributed by atoms with E-state index in [0.29, 0.717) is 12.5 Å². The van der Waals surface area contributed by atoms with Crippen molar-refractivity contribution in [3.05, 3.63) is 48.0 Å². The Labute approximate surface area is 119 Å². The van der Waals surface area contributed by atoms with Crippen LogP contribution in [0.15, 0.2) is 42.5 Å². The van der Waals surface area contributed by atoms with Crippen LogP contribution >= 0.6 is 0 Å². The van der Waals surface area contributed by atoms with Crippen LogP contribution in [-0.2, 0) is 0 Å². The maximum absolute atomic E-state index is 10.2. The van der Waals surface area contributed by atoms with Gasteiger partial charge in [0.15, 0.2) is 0 Å². The predicted octanol–water partition coefficient (Wildman–Crippen LogP) is 2.23. The zero-order valence-corrected chi connectivity index (χ0v) is 11.5. The molecule has 0 bridgehead atoms. The zero-order valence-electron chi connectivity index (χ0n) is 11.5. The van der Waals surface area contributed by atoms with Crippen LogP contribution in [0.4, 0.5) is 0 Å². The Morgan fingerprint density at radius 1 is 1.10 bits per heavy atom. The molecule has 3 nitrogen and oxygen atoms in total. The van der Waals surface area contributed by atoms with Crippen molar-refractivity contribution in [2.45, 2.75) is 25.0 Å². The predicted molar refractivity (Wildman–Crippen MR) is 80.5 cm³/mol. The Bertz CT molecular complexity index is 578. The van der Waals surface area contributed by atoms with E-state index in [1.165, 1.54) is 5.39 Å². The Morgan fingerprint density at radius 2 is 1.85 bits per heavy atom. The summed E-state index contributed by atoms with van der Waals surface area (Å²) in [6, 6.07) is 14.3. The first-order valence-corrected chi connectivity index (χ1v) is 7.28. The van der Waals surface area contributed by atoms with Gasteiger partial charge in [0.05, 0.1) is 12.2 Å². The molecule has 0 spiro atoms. The third-order valence-electron chi connectivity index (χ3n) is 4.14. The van der Waals surface area contributed by atoms with Crippen LogP contribution < -0.4 is 5.32 Å². The summed E-state index contributed by atoms with van der Waals surface area (Å²) < 4.78 is 0. The Morgan fingerprint density at radius 3 is 2.60 bits per heavy atom. The third-order valence-corrected chi connectivity index (χ3v) is 4.14. The van der Waals surface area contributed by atoms with Crippen LogP contribution in [-0.4, -0.2) is 29.4 Å². The minimum atomic E-state index is -0.482. The van der Waals surface area contributed by atoms with Gasteiger partial charge in [0.1, 0.15) is 0 Å². The van der Waals surface area contributed by atoms with Crippen molar-refractivity contribution in [2.75, 3.05) is 13.1 Å². The quantitative estimate of drug-likeness (QED) is 0.781. The van der Waals surface area contributed by atoms with Gasteiger partial charge in [0.25, 0.3) is 0 Å². The molecule has 1 unspecified atom stereocenters. The molecule has 0 heterocycles. The third kappa shape index (κ3) is 3.01. The molecule has 0 amide bonds. The number of aliphatic hydroxyl groups is 2. The van der Waals surface area contributed by atoms with Gasteiger partial charge in [-0.25, -0.2) is 0 Å². The summed E-state index contributed by atoms with van der Waals surface area (Å²) in [7, 11) is 0. The molecule has 2 aromatic carbocycles. The average Bonchev–Trinajstić information content (AvgIpc) is 2.44. The highest BCUT2D eigenvalue weighted by Crippen LogP contribution is 2.26. The van der Waals surface area contributed by atoms with E-state index in [0.717, 1.165) is 30.3 Å². The molecular weight excluding hydrogens is 250 g/mol. The van der Waals surface area contributed by atoms with Gasteiger partial charge in [0.2, 0.25) is 0 Å². The van der Waals surface area contributed by atoms with Crippen LogP contribution in [0.2, 0.25) is 0 Å². The summed E-state index contributed by atoms with van der Waals surface area (Å²) in [5, 5.41) is 25.1. The summed E-state index contributed by atoms with van der Waals surface area (Å²) in [4.78, 5) is 0. The summed E-state index contributed by atoms with van der Waals surface area (Å²) >= 11 is 0. The van der Waals surface area contributed by atoms with Gasteiger partial charge in [-0.05, 0) is 47.7 Å². The lowest BCUT2D eigenvalue weighted by atomic mass is 9.82. The van der Waals surface area contributed by atoms with Crippen molar-refractivity contribution in [1.29, 1.82) is 0 Å². The summed E-state index contributed by atoms with van der Waals surface area (Å²) in [5.41, 5.74) is 0.949. The molecule has 0 saturated heterocycles. The number of fused-ring (bicyclic) bond motifs is 1. The van der Waals surface area contributed by atoms with Gasteiger partial charge < -0.3 is 15.5 Å². The fourth-order valence-electron chi connectivity index (χ4n) is 2.82. The average molecular weight is 271 g/mol. The molecule has 20 heavy (non-hydrogen) atoms. The van der Waals surface area contributed by atoms with Gasteiger partial charge in [-0.2, -0.15) is 0 Å². The van der Waals surface area contributed by atoms with E-state index in [2.05, 4.69) is 29.6 Å². The fourth-order valence-corrected chi connectivity index (χ4v) is 2.82. The molecule has 0 aliphatic heterocycles. The van der Waals surface area contributed by atoms with E-state index in [1.54, 1.807) is 0 Å². The van der Waals surface area contributed by atoms with Crippen LogP contribution in [0.5, 0.6) is 0 Å².